The number of carbonyl (C=O) groups excluding carboxylic acids is 2. The van der Waals surface area contributed by atoms with Gasteiger partial charge in [-0.2, -0.15) is 0 Å². The molecular formula is C23H28ClN3O3. The Morgan fingerprint density at radius 3 is 2.43 bits per heavy atom. The summed E-state index contributed by atoms with van der Waals surface area (Å²) in [6.45, 7) is 1.53. The molecular weight excluding hydrogens is 402 g/mol. The van der Waals surface area contributed by atoms with E-state index in [0.29, 0.717) is 34.7 Å². The molecule has 2 aromatic rings. The van der Waals surface area contributed by atoms with Crippen LogP contribution in [0, 0.1) is 11.8 Å². The van der Waals surface area contributed by atoms with Gasteiger partial charge in [0.1, 0.15) is 6.61 Å². The van der Waals surface area contributed by atoms with Crippen LogP contribution in [0.25, 0.3) is 0 Å². The van der Waals surface area contributed by atoms with Crippen molar-refractivity contribution in [2.45, 2.75) is 32.3 Å². The molecule has 0 bridgehead atoms. The van der Waals surface area contributed by atoms with Crippen LogP contribution in [-0.2, 0) is 11.3 Å². The highest BCUT2D eigenvalue weighted by molar-refractivity contribution is 6.31. The number of carbonyl (C=O) groups is 2. The Labute approximate surface area is 182 Å². The summed E-state index contributed by atoms with van der Waals surface area (Å²) < 4.78 is 5.21. The van der Waals surface area contributed by atoms with Crippen LogP contribution < -0.4 is 16.4 Å². The van der Waals surface area contributed by atoms with Gasteiger partial charge < -0.3 is 15.8 Å². The molecule has 0 radical (unpaired) electrons. The molecule has 30 heavy (non-hydrogen) atoms. The summed E-state index contributed by atoms with van der Waals surface area (Å²) in [5.74, 6) is 0.876. The van der Waals surface area contributed by atoms with Gasteiger partial charge in [-0.3, -0.25) is 10.1 Å². The molecule has 1 saturated carbocycles. The lowest BCUT2D eigenvalue weighted by Crippen LogP contribution is -2.32. The first-order chi connectivity index (χ1) is 14.5. The van der Waals surface area contributed by atoms with Crippen LogP contribution in [0.15, 0.2) is 48.5 Å². The summed E-state index contributed by atoms with van der Waals surface area (Å²) >= 11 is 6.15. The van der Waals surface area contributed by atoms with Crippen molar-refractivity contribution in [3.05, 3.63) is 64.7 Å². The number of ether oxygens (including phenoxy) is 1. The second-order valence-corrected chi connectivity index (χ2v) is 8.18. The number of nitrogens with two attached hydrogens (primary N) is 1. The maximum atomic E-state index is 12.6. The van der Waals surface area contributed by atoms with Gasteiger partial charge in [-0.1, -0.05) is 41.9 Å². The monoisotopic (exact) mass is 429 g/mol. The summed E-state index contributed by atoms with van der Waals surface area (Å²) in [6, 6.07) is 14.2. The Hall–Kier alpha value is -2.57. The molecule has 3 rings (SSSR count). The first kappa shape index (κ1) is 22.1. The predicted molar refractivity (Wildman–Crippen MR) is 119 cm³/mol. The highest BCUT2D eigenvalue weighted by atomic mass is 35.5. The van der Waals surface area contributed by atoms with E-state index in [1.165, 1.54) is 0 Å². The van der Waals surface area contributed by atoms with E-state index in [1.54, 1.807) is 18.2 Å². The number of hydrogen-bond donors (Lipinski definition) is 3. The standard InChI is InChI=1S/C23H28ClN3O3/c24-20-10-19(22(28)26-14-17-8-6-16(13-25)7-9-17)11-21(12-20)27-23(29)30-15-18-4-2-1-3-5-18/h1-5,10-12,16-17H,6-9,13-15,25H2,(H,26,28)(H,27,29). The molecule has 0 aliphatic heterocycles. The van der Waals surface area contributed by atoms with Crippen molar-refractivity contribution in [2.75, 3.05) is 18.4 Å². The minimum atomic E-state index is -0.607. The number of benzene rings is 2. The fraction of sp³-hybridized carbons (Fsp3) is 0.391. The Kier molecular flexibility index (Phi) is 8.11. The zero-order valence-electron chi connectivity index (χ0n) is 16.9. The van der Waals surface area contributed by atoms with Crippen molar-refractivity contribution in [1.82, 2.24) is 5.32 Å². The van der Waals surface area contributed by atoms with Crippen molar-refractivity contribution in [3.63, 3.8) is 0 Å². The molecule has 0 unspecified atom stereocenters. The molecule has 1 aliphatic carbocycles. The molecule has 2 aromatic carbocycles. The third kappa shape index (κ3) is 6.75. The van der Waals surface area contributed by atoms with E-state index in [9.17, 15) is 9.59 Å². The summed E-state index contributed by atoms with van der Waals surface area (Å²) in [5, 5.41) is 5.98. The first-order valence-corrected chi connectivity index (χ1v) is 10.7. The second kappa shape index (κ2) is 11.0. The smallest absolute Gasteiger partial charge is 0.411 e. The highest BCUT2D eigenvalue weighted by Crippen LogP contribution is 2.27. The number of anilines is 1. The summed E-state index contributed by atoms with van der Waals surface area (Å²) in [7, 11) is 0. The molecule has 7 heteroatoms. The fourth-order valence-electron chi connectivity index (χ4n) is 3.68. The number of halogens is 1. The zero-order valence-corrected chi connectivity index (χ0v) is 17.7. The molecule has 6 nitrogen and oxygen atoms in total. The normalized spacial score (nSPS) is 18.5. The maximum absolute atomic E-state index is 12.6. The van der Waals surface area contributed by atoms with Gasteiger partial charge in [-0.15, -0.1) is 0 Å². The van der Waals surface area contributed by atoms with E-state index in [2.05, 4.69) is 10.6 Å². The number of amides is 2. The van der Waals surface area contributed by atoms with Gasteiger partial charge in [-0.05, 0) is 67.8 Å². The molecule has 2 amide bonds. The molecule has 0 aromatic heterocycles. The second-order valence-electron chi connectivity index (χ2n) is 7.75. The average molecular weight is 430 g/mol. The lowest BCUT2D eigenvalue weighted by atomic mass is 9.82. The average Bonchev–Trinajstić information content (AvgIpc) is 2.76. The van der Waals surface area contributed by atoms with Crippen molar-refractivity contribution >= 4 is 29.3 Å². The Bertz CT molecular complexity index is 852. The van der Waals surface area contributed by atoms with Crippen molar-refractivity contribution in [1.29, 1.82) is 0 Å². The number of hydrogen-bond acceptors (Lipinski definition) is 4. The Morgan fingerprint density at radius 1 is 1.03 bits per heavy atom. The fourth-order valence-corrected chi connectivity index (χ4v) is 3.92. The largest absolute Gasteiger partial charge is 0.444 e. The number of nitrogens with one attached hydrogen (secondary N) is 2. The van der Waals surface area contributed by atoms with Crippen molar-refractivity contribution in [2.24, 2.45) is 17.6 Å². The van der Waals surface area contributed by atoms with Crippen molar-refractivity contribution in [3.8, 4) is 0 Å². The first-order valence-electron chi connectivity index (χ1n) is 10.3. The molecule has 1 aliphatic rings. The van der Waals surface area contributed by atoms with Gasteiger partial charge in [0.2, 0.25) is 0 Å². The predicted octanol–water partition coefficient (Wildman–Crippen LogP) is 4.58. The van der Waals surface area contributed by atoms with Gasteiger partial charge in [-0.25, -0.2) is 4.79 Å². The van der Waals surface area contributed by atoms with Crippen LogP contribution in [0.4, 0.5) is 10.5 Å². The van der Waals surface area contributed by atoms with Crippen LogP contribution >= 0.6 is 11.6 Å². The zero-order chi connectivity index (χ0) is 21.3. The summed E-state index contributed by atoms with van der Waals surface area (Å²) in [6.07, 6.45) is 3.79. The van der Waals surface area contributed by atoms with E-state index in [-0.39, 0.29) is 12.5 Å². The molecule has 0 spiro atoms. The lowest BCUT2D eigenvalue weighted by Gasteiger charge is -2.27. The topological polar surface area (TPSA) is 93.5 Å². The third-order valence-electron chi connectivity index (χ3n) is 5.47. The highest BCUT2D eigenvalue weighted by Gasteiger charge is 2.21. The van der Waals surface area contributed by atoms with E-state index in [4.69, 9.17) is 22.1 Å². The van der Waals surface area contributed by atoms with Crippen LogP contribution in [-0.4, -0.2) is 25.1 Å². The summed E-state index contributed by atoms with van der Waals surface area (Å²) in [5.41, 5.74) is 7.44. The number of rotatable bonds is 7. The van der Waals surface area contributed by atoms with Gasteiger partial charge in [0.25, 0.3) is 5.91 Å². The molecule has 0 heterocycles. The molecule has 0 saturated heterocycles. The Morgan fingerprint density at radius 2 is 1.73 bits per heavy atom. The van der Waals surface area contributed by atoms with Gasteiger partial charge in [0.05, 0.1) is 0 Å². The minimum Gasteiger partial charge on any atom is -0.444 e. The van der Waals surface area contributed by atoms with Gasteiger partial charge in [0, 0.05) is 22.8 Å². The van der Waals surface area contributed by atoms with Crippen molar-refractivity contribution < 1.29 is 14.3 Å². The third-order valence-corrected chi connectivity index (χ3v) is 5.69. The van der Waals surface area contributed by atoms with Gasteiger partial charge >= 0.3 is 6.09 Å². The summed E-state index contributed by atoms with van der Waals surface area (Å²) in [4.78, 5) is 24.7. The molecule has 4 N–H and O–H groups in total. The van der Waals surface area contributed by atoms with Crippen LogP contribution in [0.1, 0.15) is 41.6 Å². The van der Waals surface area contributed by atoms with E-state index < -0.39 is 6.09 Å². The maximum Gasteiger partial charge on any atom is 0.411 e. The van der Waals surface area contributed by atoms with E-state index in [1.807, 2.05) is 30.3 Å². The quantitative estimate of drug-likeness (QED) is 0.600. The Balaban J connectivity index is 1.51. The SMILES string of the molecule is NCC1CCC(CNC(=O)c2cc(Cl)cc(NC(=O)OCc3ccccc3)c2)CC1. The van der Waals surface area contributed by atoms with E-state index in [0.717, 1.165) is 37.8 Å². The van der Waals surface area contributed by atoms with Crippen LogP contribution in [0.5, 0.6) is 0 Å². The molecule has 0 atom stereocenters. The van der Waals surface area contributed by atoms with E-state index >= 15 is 0 Å². The lowest BCUT2D eigenvalue weighted by molar-refractivity contribution is 0.0941. The van der Waals surface area contributed by atoms with Crippen LogP contribution in [0.3, 0.4) is 0 Å². The molecule has 160 valence electrons. The van der Waals surface area contributed by atoms with Crippen LogP contribution in [0.2, 0.25) is 5.02 Å². The van der Waals surface area contributed by atoms with Gasteiger partial charge in [0.15, 0.2) is 0 Å². The minimum absolute atomic E-state index is 0.160. The molecule has 1 fully saturated rings.